The van der Waals surface area contributed by atoms with Crippen LogP contribution < -0.4 is 16.8 Å². The van der Waals surface area contributed by atoms with Crippen LogP contribution in [0, 0.1) is 11.8 Å². The molecule has 0 radical (unpaired) electrons. The number of amides is 3. The number of carbonyl (C=O) groups excluding carboxylic acids is 2. The monoisotopic (exact) mass is 254 g/mol. The normalized spacial score (nSPS) is 31.9. The molecule has 0 aromatic heterocycles. The fourth-order valence-electron chi connectivity index (χ4n) is 3.25. The number of primary amides is 1. The van der Waals surface area contributed by atoms with Crippen LogP contribution in [0.1, 0.15) is 25.7 Å². The molecule has 3 unspecified atom stereocenters. The molecule has 3 amide bonds. The first-order chi connectivity index (χ1) is 8.56. The molecule has 0 bridgehead atoms. The Bertz CT molecular complexity index is 334. The fraction of sp³-hybridized carbons (Fsp3) is 0.833. The second-order valence-corrected chi connectivity index (χ2v) is 5.44. The summed E-state index contributed by atoms with van der Waals surface area (Å²) in [5.74, 6) is 0.965. The fourth-order valence-corrected chi connectivity index (χ4v) is 3.25. The molecule has 1 heterocycles. The van der Waals surface area contributed by atoms with Gasteiger partial charge in [-0.1, -0.05) is 6.42 Å². The van der Waals surface area contributed by atoms with Gasteiger partial charge < -0.3 is 16.4 Å². The van der Waals surface area contributed by atoms with E-state index in [4.69, 9.17) is 11.5 Å². The van der Waals surface area contributed by atoms with Crippen LogP contribution in [0.15, 0.2) is 0 Å². The Morgan fingerprint density at radius 1 is 1.28 bits per heavy atom. The van der Waals surface area contributed by atoms with E-state index < -0.39 is 6.03 Å². The van der Waals surface area contributed by atoms with Crippen LogP contribution in [0.4, 0.5) is 4.79 Å². The first-order valence-electron chi connectivity index (χ1n) is 6.63. The van der Waals surface area contributed by atoms with Crippen LogP contribution in [0.5, 0.6) is 0 Å². The summed E-state index contributed by atoms with van der Waals surface area (Å²) in [5.41, 5.74) is 11.0. The molecule has 1 saturated carbocycles. The molecular formula is C12H22N4O2. The Balaban J connectivity index is 1.75. The number of rotatable bonds is 3. The summed E-state index contributed by atoms with van der Waals surface area (Å²) in [4.78, 5) is 24.1. The number of nitrogens with one attached hydrogen (secondary N) is 1. The van der Waals surface area contributed by atoms with Crippen molar-refractivity contribution in [1.29, 1.82) is 0 Å². The van der Waals surface area contributed by atoms with E-state index in [9.17, 15) is 9.59 Å². The second-order valence-electron chi connectivity index (χ2n) is 5.44. The molecule has 18 heavy (non-hydrogen) atoms. The number of nitrogens with two attached hydrogens (primary N) is 2. The summed E-state index contributed by atoms with van der Waals surface area (Å²) in [6.07, 6.45) is 3.91. The summed E-state index contributed by atoms with van der Waals surface area (Å²) >= 11 is 0. The molecule has 5 N–H and O–H groups in total. The van der Waals surface area contributed by atoms with Crippen molar-refractivity contribution < 1.29 is 9.59 Å². The van der Waals surface area contributed by atoms with E-state index >= 15 is 0 Å². The molecule has 6 nitrogen and oxygen atoms in total. The number of nitrogens with zero attached hydrogens (tertiary/aromatic N) is 1. The molecule has 0 aromatic rings. The predicted octanol–water partition coefficient (Wildman–Crippen LogP) is -0.369. The zero-order valence-electron chi connectivity index (χ0n) is 10.6. The van der Waals surface area contributed by atoms with Gasteiger partial charge >= 0.3 is 6.03 Å². The molecule has 1 saturated heterocycles. The topological polar surface area (TPSA) is 101 Å². The van der Waals surface area contributed by atoms with Crippen molar-refractivity contribution in [1.82, 2.24) is 10.2 Å². The van der Waals surface area contributed by atoms with Gasteiger partial charge in [-0.3, -0.25) is 10.1 Å². The van der Waals surface area contributed by atoms with Gasteiger partial charge in [-0.05, 0) is 24.7 Å². The van der Waals surface area contributed by atoms with Gasteiger partial charge in [-0.25, -0.2) is 4.79 Å². The Morgan fingerprint density at radius 2 is 2.06 bits per heavy atom. The van der Waals surface area contributed by atoms with Gasteiger partial charge in [0.25, 0.3) is 0 Å². The highest BCUT2D eigenvalue weighted by atomic mass is 16.2. The van der Waals surface area contributed by atoms with Gasteiger partial charge in [0.2, 0.25) is 5.91 Å². The van der Waals surface area contributed by atoms with Crippen LogP contribution in [-0.2, 0) is 4.79 Å². The molecule has 2 aliphatic rings. The largest absolute Gasteiger partial charge is 0.351 e. The van der Waals surface area contributed by atoms with Gasteiger partial charge in [0.05, 0.1) is 0 Å². The lowest BCUT2D eigenvalue weighted by molar-refractivity contribution is -0.120. The van der Waals surface area contributed by atoms with E-state index in [2.05, 4.69) is 10.2 Å². The number of fused-ring (bicyclic) bond motifs is 1. The zero-order valence-corrected chi connectivity index (χ0v) is 10.6. The van der Waals surface area contributed by atoms with Gasteiger partial charge in [0, 0.05) is 32.1 Å². The number of likely N-dealkylation sites (tertiary alicyclic amines) is 1. The highest BCUT2D eigenvalue weighted by Crippen LogP contribution is 2.35. The number of hydrogen-bond donors (Lipinski definition) is 3. The minimum absolute atomic E-state index is 0.304. The average Bonchev–Trinajstić information content (AvgIpc) is 2.70. The van der Waals surface area contributed by atoms with E-state index in [1.165, 1.54) is 12.8 Å². The maximum Gasteiger partial charge on any atom is 0.318 e. The third kappa shape index (κ3) is 3.20. The quantitative estimate of drug-likeness (QED) is 0.639. The number of urea groups is 1. The minimum Gasteiger partial charge on any atom is -0.351 e. The van der Waals surface area contributed by atoms with Gasteiger partial charge in [0.1, 0.15) is 0 Å². The SMILES string of the molecule is NC(=O)NC(=O)CCN1CC2CCCC(N)C2C1. The molecule has 102 valence electrons. The summed E-state index contributed by atoms with van der Waals surface area (Å²) in [6.45, 7) is 2.69. The van der Waals surface area contributed by atoms with E-state index in [0.717, 1.165) is 19.5 Å². The van der Waals surface area contributed by atoms with Crippen molar-refractivity contribution in [3.63, 3.8) is 0 Å². The molecular weight excluding hydrogens is 232 g/mol. The first-order valence-corrected chi connectivity index (χ1v) is 6.63. The molecule has 0 aromatic carbocycles. The zero-order chi connectivity index (χ0) is 13.1. The smallest absolute Gasteiger partial charge is 0.318 e. The van der Waals surface area contributed by atoms with E-state index in [1.54, 1.807) is 0 Å². The molecule has 2 rings (SSSR count). The van der Waals surface area contributed by atoms with Gasteiger partial charge in [-0.15, -0.1) is 0 Å². The summed E-state index contributed by atoms with van der Waals surface area (Å²) in [5, 5.41) is 2.09. The van der Waals surface area contributed by atoms with E-state index in [0.29, 0.717) is 30.8 Å². The van der Waals surface area contributed by atoms with Crippen LogP contribution in [0.3, 0.4) is 0 Å². The second kappa shape index (κ2) is 5.67. The third-order valence-corrected chi connectivity index (χ3v) is 4.15. The van der Waals surface area contributed by atoms with Crippen molar-refractivity contribution in [2.75, 3.05) is 19.6 Å². The lowest BCUT2D eigenvalue weighted by atomic mass is 9.78. The first kappa shape index (κ1) is 13.3. The van der Waals surface area contributed by atoms with Gasteiger partial charge in [0.15, 0.2) is 0 Å². The van der Waals surface area contributed by atoms with E-state index in [-0.39, 0.29) is 5.91 Å². The maximum atomic E-state index is 11.3. The molecule has 3 atom stereocenters. The van der Waals surface area contributed by atoms with E-state index in [1.807, 2.05) is 0 Å². The lowest BCUT2D eigenvalue weighted by Gasteiger charge is -2.29. The Kier molecular flexibility index (Phi) is 4.19. The highest BCUT2D eigenvalue weighted by Gasteiger charge is 2.38. The highest BCUT2D eigenvalue weighted by molar-refractivity contribution is 5.93. The van der Waals surface area contributed by atoms with Crippen molar-refractivity contribution in [3.05, 3.63) is 0 Å². The predicted molar refractivity (Wildman–Crippen MR) is 67.6 cm³/mol. The Morgan fingerprint density at radius 3 is 2.72 bits per heavy atom. The molecule has 1 aliphatic heterocycles. The lowest BCUT2D eigenvalue weighted by Crippen LogP contribution is -2.38. The van der Waals surface area contributed by atoms with Crippen molar-refractivity contribution in [2.24, 2.45) is 23.3 Å². The average molecular weight is 254 g/mol. The molecule has 2 fully saturated rings. The third-order valence-electron chi connectivity index (χ3n) is 4.15. The standard InChI is InChI=1S/C12H22N4O2/c13-10-3-1-2-8-6-16(7-9(8)10)5-4-11(17)15-12(14)18/h8-10H,1-7,13H2,(H3,14,15,17,18). The van der Waals surface area contributed by atoms with Crippen molar-refractivity contribution in [3.8, 4) is 0 Å². The molecule has 1 aliphatic carbocycles. The van der Waals surface area contributed by atoms with Crippen molar-refractivity contribution in [2.45, 2.75) is 31.7 Å². The Labute approximate surface area is 107 Å². The summed E-state index contributed by atoms with van der Waals surface area (Å²) in [7, 11) is 0. The number of carbonyl (C=O) groups is 2. The van der Waals surface area contributed by atoms with Gasteiger partial charge in [-0.2, -0.15) is 0 Å². The minimum atomic E-state index is -0.780. The van der Waals surface area contributed by atoms with Crippen LogP contribution >= 0.6 is 0 Å². The Hall–Kier alpha value is -1.14. The number of imide groups is 1. The summed E-state index contributed by atoms with van der Waals surface area (Å²) < 4.78 is 0. The van der Waals surface area contributed by atoms with Crippen molar-refractivity contribution >= 4 is 11.9 Å². The van der Waals surface area contributed by atoms with Crippen LogP contribution in [0.2, 0.25) is 0 Å². The van der Waals surface area contributed by atoms with Crippen LogP contribution in [-0.4, -0.2) is 42.5 Å². The summed E-state index contributed by atoms with van der Waals surface area (Å²) in [6, 6.07) is -0.467. The molecule has 6 heteroatoms. The van der Waals surface area contributed by atoms with Crippen LogP contribution in [0.25, 0.3) is 0 Å². The molecule has 0 spiro atoms. The number of hydrogen-bond acceptors (Lipinski definition) is 4. The maximum absolute atomic E-state index is 11.3.